The minimum atomic E-state index is -4.71. The first kappa shape index (κ1) is 12.5. The molecule has 0 heterocycles. The van der Waals surface area contributed by atoms with E-state index in [4.69, 9.17) is 5.73 Å². The van der Waals surface area contributed by atoms with Crippen LogP contribution in [-0.2, 0) is 0 Å². The molecule has 0 aliphatic rings. The number of carbonyl (C=O) groups excluding carboxylic acids is 1. The summed E-state index contributed by atoms with van der Waals surface area (Å²) in [6.07, 6.45) is -4.71. The highest BCUT2D eigenvalue weighted by Crippen LogP contribution is 2.24. The van der Waals surface area contributed by atoms with Gasteiger partial charge in [0.25, 0.3) is 0 Å². The lowest BCUT2D eigenvalue weighted by molar-refractivity contribution is -0.274. The molecule has 3 N–H and O–H groups in total. The van der Waals surface area contributed by atoms with E-state index < -0.39 is 12.4 Å². The molecule has 16 heavy (non-hydrogen) atoms. The van der Waals surface area contributed by atoms with Crippen molar-refractivity contribution in [1.82, 2.24) is 4.72 Å². The molecule has 88 valence electrons. The average Bonchev–Trinajstić information content (AvgIpc) is 2.14. The van der Waals surface area contributed by atoms with Gasteiger partial charge in [0, 0.05) is 4.90 Å². The van der Waals surface area contributed by atoms with Gasteiger partial charge in [-0.05, 0) is 36.2 Å². The maximum absolute atomic E-state index is 11.8. The molecule has 0 fully saturated rings. The smallest absolute Gasteiger partial charge is 0.406 e. The number of alkyl halides is 3. The van der Waals surface area contributed by atoms with Crippen LogP contribution in [0.2, 0.25) is 0 Å². The lowest BCUT2D eigenvalue weighted by Gasteiger charge is -2.08. The molecular weight excluding hydrogens is 245 g/mol. The van der Waals surface area contributed by atoms with Crippen molar-refractivity contribution in [1.29, 1.82) is 0 Å². The summed E-state index contributed by atoms with van der Waals surface area (Å²) in [6, 6.07) is 4.26. The van der Waals surface area contributed by atoms with Gasteiger partial charge in [0.1, 0.15) is 5.75 Å². The molecular formula is C8H7F3N2O2S. The first-order chi connectivity index (χ1) is 7.37. The summed E-state index contributed by atoms with van der Waals surface area (Å²) in [5.74, 6) is -0.323. The molecule has 0 radical (unpaired) electrons. The lowest BCUT2D eigenvalue weighted by atomic mass is 10.3. The second kappa shape index (κ2) is 4.97. The molecule has 1 aromatic carbocycles. The summed E-state index contributed by atoms with van der Waals surface area (Å²) >= 11 is 0.894. The highest BCUT2D eigenvalue weighted by atomic mass is 32.2. The van der Waals surface area contributed by atoms with Crippen LogP contribution in [0, 0.1) is 0 Å². The number of urea groups is 1. The van der Waals surface area contributed by atoms with Crippen molar-refractivity contribution >= 4 is 18.0 Å². The molecule has 0 spiro atoms. The van der Waals surface area contributed by atoms with Crippen LogP contribution < -0.4 is 15.2 Å². The molecule has 2 amide bonds. The number of halogens is 3. The first-order valence-electron chi connectivity index (χ1n) is 3.95. The second-order valence-corrected chi connectivity index (χ2v) is 3.47. The molecule has 0 saturated heterocycles. The van der Waals surface area contributed by atoms with Crippen LogP contribution in [-0.4, -0.2) is 12.4 Å². The van der Waals surface area contributed by atoms with Crippen LogP contribution in [0.15, 0.2) is 29.2 Å². The minimum absolute atomic E-state index is 0.323. The van der Waals surface area contributed by atoms with Gasteiger partial charge in [-0.2, -0.15) is 0 Å². The summed E-state index contributed by atoms with van der Waals surface area (Å²) in [5.41, 5.74) is 4.81. The van der Waals surface area contributed by atoms with Gasteiger partial charge in [0.05, 0.1) is 0 Å². The van der Waals surface area contributed by atoms with E-state index in [-0.39, 0.29) is 5.75 Å². The minimum Gasteiger partial charge on any atom is -0.406 e. The van der Waals surface area contributed by atoms with Crippen LogP contribution in [0.25, 0.3) is 0 Å². The summed E-state index contributed by atoms with van der Waals surface area (Å²) in [4.78, 5) is 10.9. The maximum Gasteiger partial charge on any atom is 0.573 e. The Morgan fingerprint density at radius 2 is 1.88 bits per heavy atom. The van der Waals surface area contributed by atoms with E-state index in [1.807, 2.05) is 0 Å². The van der Waals surface area contributed by atoms with Gasteiger partial charge in [-0.15, -0.1) is 13.2 Å². The van der Waals surface area contributed by atoms with Gasteiger partial charge in [-0.25, -0.2) is 4.79 Å². The number of ether oxygens (including phenoxy) is 1. The second-order valence-electron chi connectivity index (χ2n) is 2.59. The molecule has 1 aromatic rings. The average molecular weight is 252 g/mol. The molecule has 8 heteroatoms. The van der Waals surface area contributed by atoms with E-state index in [2.05, 4.69) is 9.46 Å². The fourth-order valence-electron chi connectivity index (χ4n) is 0.819. The number of nitrogens with one attached hydrogen (secondary N) is 1. The Labute approximate surface area is 93.1 Å². The molecule has 0 aliphatic carbocycles. The molecule has 0 atom stereocenters. The van der Waals surface area contributed by atoms with Crippen molar-refractivity contribution in [2.24, 2.45) is 5.73 Å². The van der Waals surface area contributed by atoms with Crippen LogP contribution in [0.1, 0.15) is 0 Å². The van der Waals surface area contributed by atoms with Gasteiger partial charge in [-0.1, -0.05) is 0 Å². The fourth-order valence-corrected chi connectivity index (χ4v) is 1.31. The Bertz CT molecular complexity index is 367. The lowest BCUT2D eigenvalue weighted by Crippen LogP contribution is -2.22. The van der Waals surface area contributed by atoms with Gasteiger partial charge in [-0.3, -0.25) is 4.72 Å². The van der Waals surface area contributed by atoms with Crippen molar-refractivity contribution in [3.63, 3.8) is 0 Å². The SMILES string of the molecule is NC(=O)NSc1ccc(OC(F)(F)F)cc1. The van der Waals surface area contributed by atoms with Crippen LogP contribution in [0.5, 0.6) is 5.75 Å². The van der Waals surface area contributed by atoms with E-state index in [0.29, 0.717) is 4.90 Å². The summed E-state index contributed by atoms with van der Waals surface area (Å²) < 4.78 is 41.3. The largest absolute Gasteiger partial charge is 0.573 e. The van der Waals surface area contributed by atoms with Crippen molar-refractivity contribution in [2.75, 3.05) is 0 Å². The van der Waals surface area contributed by atoms with Crippen LogP contribution in [0.4, 0.5) is 18.0 Å². The number of amides is 2. The van der Waals surface area contributed by atoms with Crippen LogP contribution in [0.3, 0.4) is 0 Å². The predicted octanol–water partition coefficient (Wildman–Crippen LogP) is 2.26. The van der Waals surface area contributed by atoms with Gasteiger partial charge in [0.2, 0.25) is 0 Å². The third kappa shape index (κ3) is 4.78. The Morgan fingerprint density at radius 3 is 2.31 bits per heavy atom. The van der Waals surface area contributed by atoms with Gasteiger partial charge < -0.3 is 10.5 Å². The zero-order chi connectivity index (χ0) is 12.2. The third-order valence-electron chi connectivity index (χ3n) is 1.33. The highest BCUT2D eigenvalue weighted by molar-refractivity contribution is 7.98. The molecule has 0 unspecified atom stereocenters. The molecule has 0 aliphatic heterocycles. The molecule has 0 saturated carbocycles. The molecule has 4 nitrogen and oxygen atoms in total. The van der Waals surface area contributed by atoms with Gasteiger partial charge >= 0.3 is 12.4 Å². The highest BCUT2D eigenvalue weighted by Gasteiger charge is 2.30. The first-order valence-corrected chi connectivity index (χ1v) is 4.76. The van der Waals surface area contributed by atoms with Crippen molar-refractivity contribution < 1.29 is 22.7 Å². The van der Waals surface area contributed by atoms with Crippen LogP contribution >= 0.6 is 11.9 Å². The van der Waals surface area contributed by atoms with E-state index in [1.165, 1.54) is 12.1 Å². The third-order valence-corrected chi connectivity index (χ3v) is 2.14. The fraction of sp³-hybridized carbons (Fsp3) is 0.125. The number of benzene rings is 1. The van der Waals surface area contributed by atoms with Crippen molar-refractivity contribution in [2.45, 2.75) is 11.3 Å². The Hall–Kier alpha value is -1.57. The van der Waals surface area contributed by atoms with Crippen molar-refractivity contribution in [3.05, 3.63) is 24.3 Å². The Morgan fingerprint density at radius 1 is 1.31 bits per heavy atom. The normalized spacial score (nSPS) is 10.9. The molecule has 0 bridgehead atoms. The van der Waals surface area contributed by atoms with E-state index in [0.717, 1.165) is 24.1 Å². The standard InChI is InChI=1S/C8H7F3N2O2S/c9-8(10,11)15-5-1-3-6(4-2-5)16-13-7(12)14/h1-4H,(H3,12,13,14). The topological polar surface area (TPSA) is 64.4 Å². The predicted molar refractivity (Wildman–Crippen MR) is 51.7 cm³/mol. The van der Waals surface area contributed by atoms with E-state index in [1.54, 1.807) is 0 Å². The van der Waals surface area contributed by atoms with E-state index in [9.17, 15) is 18.0 Å². The summed E-state index contributed by atoms with van der Waals surface area (Å²) in [5, 5.41) is 0. The van der Waals surface area contributed by atoms with Gasteiger partial charge in [0.15, 0.2) is 0 Å². The quantitative estimate of drug-likeness (QED) is 0.811. The molecule has 1 rings (SSSR count). The number of hydrogen-bond donors (Lipinski definition) is 2. The number of primary amides is 1. The monoisotopic (exact) mass is 252 g/mol. The Balaban J connectivity index is 2.57. The number of rotatable bonds is 3. The number of hydrogen-bond acceptors (Lipinski definition) is 3. The Kier molecular flexibility index (Phi) is 3.88. The zero-order valence-corrected chi connectivity index (χ0v) is 8.56. The van der Waals surface area contributed by atoms with E-state index >= 15 is 0 Å². The number of carbonyl (C=O) groups is 1. The zero-order valence-electron chi connectivity index (χ0n) is 7.75. The summed E-state index contributed by atoms with van der Waals surface area (Å²) in [7, 11) is 0. The number of nitrogens with two attached hydrogens (primary N) is 1. The van der Waals surface area contributed by atoms with Crippen molar-refractivity contribution in [3.8, 4) is 5.75 Å². The molecule has 0 aromatic heterocycles. The summed E-state index contributed by atoms with van der Waals surface area (Å²) in [6.45, 7) is 0. The maximum atomic E-state index is 11.8.